The van der Waals surface area contributed by atoms with Crippen LogP contribution in [0.1, 0.15) is 39.6 Å². The fourth-order valence-electron chi connectivity index (χ4n) is 1.99. The summed E-state index contributed by atoms with van der Waals surface area (Å²) < 4.78 is 0. The maximum atomic E-state index is 11.4. The number of aromatic carboxylic acids is 1. The van der Waals surface area contributed by atoms with Crippen molar-refractivity contribution in [3.05, 3.63) is 46.5 Å². The van der Waals surface area contributed by atoms with E-state index in [2.05, 4.69) is 10.3 Å². The highest BCUT2D eigenvalue weighted by atomic mass is 32.1. The summed E-state index contributed by atoms with van der Waals surface area (Å²) in [5.41, 5.74) is 1.00. The lowest BCUT2D eigenvalue weighted by Gasteiger charge is -2.12. The summed E-state index contributed by atoms with van der Waals surface area (Å²) >= 11 is 1.08. The highest BCUT2D eigenvalue weighted by molar-refractivity contribution is 7.17. The molecule has 0 radical (unpaired) electrons. The summed E-state index contributed by atoms with van der Waals surface area (Å²) in [5.74, 6) is -1.46. The van der Waals surface area contributed by atoms with Gasteiger partial charge in [-0.05, 0) is 18.9 Å². The number of aromatic nitrogens is 1. The first kappa shape index (κ1) is 15.2. The molecule has 1 aromatic heterocycles. The summed E-state index contributed by atoms with van der Waals surface area (Å²) in [4.78, 5) is 26.7. The normalized spacial score (nSPS) is 11.9. The average Bonchev–Trinajstić information content (AvgIpc) is 2.84. The molecule has 0 amide bonds. The summed E-state index contributed by atoms with van der Waals surface area (Å²) in [6.07, 6.45) is 0.790. The molecule has 0 aliphatic rings. The lowest BCUT2D eigenvalue weighted by Crippen LogP contribution is -2.18. The summed E-state index contributed by atoms with van der Waals surface area (Å²) in [5, 5.41) is 12.7. The topological polar surface area (TPSA) is 79.3 Å². The van der Waals surface area contributed by atoms with Crippen molar-refractivity contribution in [1.82, 2.24) is 4.98 Å². The molecule has 0 saturated heterocycles. The molecule has 1 heterocycles. The van der Waals surface area contributed by atoms with Gasteiger partial charge in [-0.3, -0.25) is 4.79 Å². The second-order valence-corrected chi connectivity index (χ2v) is 5.79. The Balaban J connectivity index is 2.11. The molecule has 2 aromatic rings. The van der Waals surface area contributed by atoms with Gasteiger partial charge in [-0.15, -0.1) is 0 Å². The second kappa shape index (κ2) is 6.49. The van der Waals surface area contributed by atoms with E-state index in [0.717, 1.165) is 17.8 Å². The number of rotatable bonds is 6. The van der Waals surface area contributed by atoms with Crippen molar-refractivity contribution in [1.29, 1.82) is 0 Å². The Morgan fingerprint density at radius 1 is 1.33 bits per heavy atom. The molecule has 0 aliphatic carbocycles. The number of ketones is 1. The van der Waals surface area contributed by atoms with E-state index >= 15 is 0 Å². The first-order chi connectivity index (χ1) is 9.97. The summed E-state index contributed by atoms with van der Waals surface area (Å²) in [7, 11) is 0. The highest BCUT2D eigenvalue weighted by Gasteiger charge is 2.21. The summed E-state index contributed by atoms with van der Waals surface area (Å²) in [6, 6.07) is 10.1. The van der Waals surface area contributed by atoms with Crippen molar-refractivity contribution in [2.75, 3.05) is 5.32 Å². The van der Waals surface area contributed by atoms with Gasteiger partial charge >= 0.3 is 5.97 Å². The van der Waals surface area contributed by atoms with Gasteiger partial charge in [0.2, 0.25) is 0 Å². The van der Waals surface area contributed by atoms with Crippen LogP contribution in [0.4, 0.5) is 5.13 Å². The molecule has 0 aliphatic heterocycles. The van der Waals surface area contributed by atoms with Crippen LogP contribution in [-0.2, 0) is 6.42 Å². The fraction of sp³-hybridized carbons (Fsp3) is 0.267. The number of nitrogens with zero attached hydrogens (tertiary/aromatic N) is 1. The van der Waals surface area contributed by atoms with Crippen molar-refractivity contribution in [3.8, 4) is 0 Å². The Hall–Kier alpha value is -2.21. The van der Waals surface area contributed by atoms with Crippen LogP contribution in [0, 0.1) is 0 Å². The van der Waals surface area contributed by atoms with E-state index < -0.39 is 5.97 Å². The highest BCUT2D eigenvalue weighted by Crippen LogP contribution is 2.24. The maximum Gasteiger partial charge on any atom is 0.356 e. The molecular weight excluding hydrogens is 288 g/mol. The number of hydrogen-bond acceptors (Lipinski definition) is 5. The standard InChI is InChI=1S/C15H16N2O3S/c1-9(8-11-6-4-3-5-7-11)16-15-17-12(14(19)20)13(21-15)10(2)18/h3-7,9H,8H2,1-2H3,(H,16,17)(H,19,20). The molecule has 0 saturated carbocycles. The largest absolute Gasteiger partial charge is 0.476 e. The number of carboxylic acid groups (broad SMARTS) is 1. The minimum Gasteiger partial charge on any atom is -0.476 e. The molecule has 6 heteroatoms. The molecule has 110 valence electrons. The van der Waals surface area contributed by atoms with Crippen LogP contribution < -0.4 is 5.32 Å². The number of nitrogens with one attached hydrogen (secondary N) is 1. The van der Waals surface area contributed by atoms with Crippen LogP contribution in [0.5, 0.6) is 0 Å². The third-order valence-electron chi connectivity index (χ3n) is 2.90. The Morgan fingerprint density at radius 3 is 2.52 bits per heavy atom. The number of carbonyl (C=O) groups excluding carboxylic acids is 1. The molecule has 0 bridgehead atoms. The molecule has 5 nitrogen and oxygen atoms in total. The van der Waals surface area contributed by atoms with Gasteiger partial charge in [-0.1, -0.05) is 41.7 Å². The molecule has 0 fully saturated rings. The van der Waals surface area contributed by atoms with Crippen molar-refractivity contribution in [3.63, 3.8) is 0 Å². The zero-order valence-corrected chi connectivity index (χ0v) is 12.6. The van der Waals surface area contributed by atoms with Gasteiger partial charge in [0.15, 0.2) is 16.6 Å². The quantitative estimate of drug-likeness (QED) is 0.802. The lowest BCUT2D eigenvalue weighted by molar-refractivity contribution is 0.0687. The SMILES string of the molecule is CC(=O)c1sc(NC(C)Cc2ccccc2)nc1C(=O)O. The first-order valence-corrected chi connectivity index (χ1v) is 7.34. The van der Waals surface area contributed by atoms with Gasteiger partial charge in [-0.2, -0.15) is 0 Å². The maximum absolute atomic E-state index is 11.4. The number of carboxylic acids is 1. The minimum absolute atomic E-state index is 0.0833. The van der Waals surface area contributed by atoms with E-state index in [0.29, 0.717) is 5.13 Å². The predicted molar refractivity (Wildman–Crippen MR) is 82.3 cm³/mol. The Bertz CT molecular complexity index is 621. The van der Waals surface area contributed by atoms with E-state index in [9.17, 15) is 9.59 Å². The number of anilines is 1. The number of thiazole rings is 1. The van der Waals surface area contributed by atoms with E-state index in [4.69, 9.17) is 5.11 Å². The molecule has 1 unspecified atom stereocenters. The van der Waals surface area contributed by atoms with Crippen LogP contribution in [0.25, 0.3) is 0 Å². The van der Waals surface area contributed by atoms with Gasteiger partial charge in [0.1, 0.15) is 4.88 Å². The fourth-order valence-corrected chi connectivity index (χ4v) is 2.96. The zero-order chi connectivity index (χ0) is 15.4. The first-order valence-electron chi connectivity index (χ1n) is 6.53. The van der Waals surface area contributed by atoms with Crippen molar-refractivity contribution < 1.29 is 14.7 Å². The molecule has 2 N–H and O–H groups in total. The Morgan fingerprint density at radius 2 is 2.00 bits per heavy atom. The average molecular weight is 304 g/mol. The van der Waals surface area contributed by atoms with Gasteiger partial charge in [0.25, 0.3) is 0 Å². The monoisotopic (exact) mass is 304 g/mol. The van der Waals surface area contributed by atoms with Gasteiger partial charge in [0.05, 0.1) is 0 Å². The minimum atomic E-state index is -1.18. The van der Waals surface area contributed by atoms with E-state index in [1.54, 1.807) is 0 Å². The molecule has 1 atom stereocenters. The van der Waals surface area contributed by atoms with Crippen molar-refractivity contribution >= 4 is 28.2 Å². The number of Topliss-reactive ketones (excluding diaryl/α,β-unsaturated/α-hetero) is 1. The second-order valence-electron chi connectivity index (χ2n) is 4.79. The number of benzene rings is 1. The molecular formula is C15H16N2O3S. The number of hydrogen-bond donors (Lipinski definition) is 2. The van der Waals surface area contributed by atoms with E-state index in [1.807, 2.05) is 37.3 Å². The third-order valence-corrected chi connectivity index (χ3v) is 3.99. The van der Waals surface area contributed by atoms with Gasteiger partial charge < -0.3 is 10.4 Å². The van der Waals surface area contributed by atoms with Gasteiger partial charge in [0, 0.05) is 13.0 Å². The van der Waals surface area contributed by atoms with Crippen molar-refractivity contribution in [2.45, 2.75) is 26.3 Å². The van der Waals surface area contributed by atoms with Crippen LogP contribution in [-0.4, -0.2) is 27.9 Å². The molecule has 21 heavy (non-hydrogen) atoms. The van der Waals surface area contributed by atoms with Crippen LogP contribution >= 0.6 is 11.3 Å². The van der Waals surface area contributed by atoms with Gasteiger partial charge in [-0.25, -0.2) is 9.78 Å². The molecule has 0 spiro atoms. The Labute approximate surface area is 126 Å². The third kappa shape index (κ3) is 3.88. The predicted octanol–water partition coefficient (Wildman–Crippen LogP) is 3.09. The zero-order valence-electron chi connectivity index (χ0n) is 11.8. The van der Waals surface area contributed by atoms with E-state index in [1.165, 1.54) is 12.5 Å². The molecule has 1 aromatic carbocycles. The number of carbonyl (C=O) groups is 2. The van der Waals surface area contributed by atoms with Crippen molar-refractivity contribution in [2.24, 2.45) is 0 Å². The Kier molecular flexibility index (Phi) is 4.70. The van der Waals surface area contributed by atoms with Crippen LogP contribution in [0.15, 0.2) is 30.3 Å². The van der Waals surface area contributed by atoms with E-state index in [-0.39, 0.29) is 22.4 Å². The smallest absolute Gasteiger partial charge is 0.356 e. The lowest BCUT2D eigenvalue weighted by atomic mass is 10.1. The molecule has 2 rings (SSSR count). The summed E-state index contributed by atoms with van der Waals surface area (Å²) in [6.45, 7) is 3.33. The van der Waals surface area contributed by atoms with Crippen LogP contribution in [0.2, 0.25) is 0 Å². The van der Waals surface area contributed by atoms with Crippen LogP contribution in [0.3, 0.4) is 0 Å².